The maximum Gasteiger partial charge on any atom is 0.237 e. The van der Waals surface area contributed by atoms with Crippen LogP contribution in [-0.2, 0) is 16.1 Å². The number of methoxy groups -OCH3 is 1. The Labute approximate surface area is 204 Å². The number of hydrogen-bond donors (Lipinski definition) is 1. The number of hydrogen-bond acceptors (Lipinski definition) is 7. The van der Waals surface area contributed by atoms with Gasteiger partial charge in [-0.25, -0.2) is 0 Å². The van der Waals surface area contributed by atoms with Crippen LogP contribution in [0.15, 0.2) is 66.3 Å². The molecule has 1 unspecified atom stereocenters. The Bertz CT molecular complexity index is 1110. The average Bonchev–Trinajstić information content (AvgIpc) is 3.27. The van der Waals surface area contributed by atoms with Crippen LogP contribution >= 0.6 is 11.8 Å². The molecule has 1 aliphatic heterocycles. The van der Waals surface area contributed by atoms with Gasteiger partial charge in [0.15, 0.2) is 11.0 Å². The van der Waals surface area contributed by atoms with Crippen molar-refractivity contribution < 1.29 is 14.3 Å². The van der Waals surface area contributed by atoms with E-state index in [1.807, 2.05) is 60.0 Å². The molecule has 1 N–H and O–H groups in total. The van der Waals surface area contributed by atoms with Crippen molar-refractivity contribution in [3.8, 4) is 17.1 Å². The van der Waals surface area contributed by atoms with E-state index in [4.69, 9.17) is 9.47 Å². The van der Waals surface area contributed by atoms with Gasteiger partial charge < -0.3 is 19.7 Å². The summed E-state index contributed by atoms with van der Waals surface area (Å²) in [7, 11) is 1.63. The van der Waals surface area contributed by atoms with E-state index in [0.717, 1.165) is 54.8 Å². The Morgan fingerprint density at radius 1 is 1.18 bits per heavy atom. The molecule has 34 heavy (non-hydrogen) atoms. The molecule has 0 aliphatic carbocycles. The summed E-state index contributed by atoms with van der Waals surface area (Å²) in [4.78, 5) is 15.1. The van der Waals surface area contributed by atoms with E-state index in [2.05, 4.69) is 27.0 Å². The summed E-state index contributed by atoms with van der Waals surface area (Å²) >= 11 is 1.37. The molecular weight excluding hydrogens is 450 g/mol. The number of ether oxygens (including phenoxy) is 2. The molecule has 3 aromatic rings. The molecule has 0 spiro atoms. The number of benzene rings is 2. The molecule has 9 heteroatoms. The molecule has 1 aliphatic rings. The van der Waals surface area contributed by atoms with Gasteiger partial charge >= 0.3 is 0 Å². The average molecular weight is 480 g/mol. The Balaban J connectivity index is 1.42. The van der Waals surface area contributed by atoms with Gasteiger partial charge in [-0.1, -0.05) is 17.8 Å². The standard InChI is InChI=1S/C25H29N5O3S/c1-4-13-30-23(19-5-11-22(32-3)12-6-19)27-28-25(30)34-18(2)24(31)26-20-7-9-21(10-8-20)29-14-16-33-17-15-29/h4-12,18H,1,13-17H2,2-3H3,(H,26,31). The lowest BCUT2D eigenvalue weighted by atomic mass is 10.2. The molecule has 0 saturated carbocycles. The predicted octanol–water partition coefficient (Wildman–Crippen LogP) is 4.10. The van der Waals surface area contributed by atoms with Gasteiger partial charge in [0, 0.05) is 36.6 Å². The smallest absolute Gasteiger partial charge is 0.237 e. The normalized spacial score (nSPS) is 14.5. The van der Waals surface area contributed by atoms with Gasteiger partial charge in [0.05, 0.1) is 25.6 Å². The molecule has 1 aromatic heterocycles. The minimum absolute atomic E-state index is 0.0942. The van der Waals surface area contributed by atoms with Crippen molar-refractivity contribution in [2.45, 2.75) is 23.9 Å². The van der Waals surface area contributed by atoms with Crippen LogP contribution in [0.5, 0.6) is 5.75 Å². The van der Waals surface area contributed by atoms with Gasteiger partial charge in [-0.15, -0.1) is 16.8 Å². The molecule has 1 fully saturated rings. The minimum Gasteiger partial charge on any atom is -0.497 e. The van der Waals surface area contributed by atoms with Crippen LogP contribution < -0.4 is 15.0 Å². The van der Waals surface area contributed by atoms with Crippen molar-refractivity contribution >= 4 is 29.0 Å². The number of carbonyl (C=O) groups is 1. The number of nitrogens with zero attached hydrogens (tertiary/aromatic N) is 4. The monoisotopic (exact) mass is 479 g/mol. The third kappa shape index (κ3) is 5.60. The second kappa shape index (κ2) is 11.2. The first kappa shape index (κ1) is 23.8. The van der Waals surface area contributed by atoms with Crippen LogP contribution in [-0.4, -0.2) is 59.3 Å². The van der Waals surface area contributed by atoms with Crippen molar-refractivity contribution in [2.24, 2.45) is 0 Å². The number of anilines is 2. The van der Waals surface area contributed by atoms with Gasteiger partial charge in [0.25, 0.3) is 0 Å². The molecule has 1 atom stereocenters. The molecular formula is C25H29N5O3S. The van der Waals surface area contributed by atoms with Crippen LogP contribution in [0.1, 0.15) is 6.92 Å². The number of nitrogens with one attached hydrogen (secondary N) is 1. The zero-order valence-corrected chi connectivity index (χ0v) is 20.3. The van der Waals surface area contributed by atoms with Crippen molar-refractivity contribution in [2.75, 3.05) is 43.6 Å². The summed E-state index contributed by atoms with van der Waals surface area (Å²) < 4.78 is 12.6. The van der Waals surface area contributed by atoms with Crippen LogP contribution in [0, 0.1) is 0 Å². The maximum absolute atomic E-state index is 12.9. The predicted molar refractivity (Wildman–Crippen MR) is 136 cm³/mol. The summed E-state index contributed by atoms with van der Waals surface area (Å²) in [6.07, 6.45) is 1.79. The number of morpholine rings is 1. The molecule has 0 bridgehead atoms. The summed E-state index contributed by atoms with van der Waals surface area (Å²) in [5.74, 6) is 1.40. The highest BCUT2D eigenvalue weighted by molar-refractivity contribution is 8.00. The molecule has 8 nitrogen and oxygen atoms in total. The zero-order valence-electron chi connectivity index (χ0n) is 19.4. The number of rotatable bonds is 9. The number of carbonyl (C=O) groups excluding carboxylic acids is 1. The van der Waals surface area contributed by atoms with E-state index < -0.39 is 0 Å². The largest absolute Gasteiger partial charge is 0.497 e. The fourth-order valence-corrected chi connectivity index (χ4v) is 4.51. The van der Waals surface area contributed by atoms with Crippen LogP contribution in [0.25, 0.3) is 11.4 Å². The number of amides is 1. The first-order chi connectivity index (χ1) is 16.6. The number of allylic oxidation sites excluding steroid dienone is 1. The van der Waals surface area contributed by atoms with Gasteiger partial charge in [0.2, 0.25) is 5.91 Å². The highest BCUT2D eigenvalue weighted by atomic mass is 32.2. The zero-order chi connectivity index (χ0) is 23.9. The first-order valence-corrected chi connectivity index (χ1v) is 12.1. The molecule has 1 amide bonds. The van der Waals surface area contributed by atoms with E-state index in [0.29, 0.717) is 11.7 Å². The highest BCUT2D eigenvalue weighted by Crippen LogP contribution is 2.29. The molecule has 1 saturated heterocycles. The topological polar surface area (TPSA) is 81.5 Å². The van der Waals surface area contributed by atoms with E-state index in [-0.39, 0.29) is 11.2 Å². The summed E-state index contributed by atoms with van der Waals surface area (Å²) in [6, 6.07) is 15.6. The van der Waals surface area contributed by atoms with E-state index in [9.17, 15) is 4.79 Å². The fourth-order valence-electron chi connectivity index (χ4n) is 3.66. The van der Waals surface area contributed by atoms with Crippen LogP contribution in [0.3, 0.4) is 0 Å². The Morgan fingerprint density at radius 2 is 1.88 bits per heavy atom. The Kier molecular flexibility index (Phi) is 7.87. The lowest BCUT2D eigenvalue weighted by molar-refractivity contribution is -0.115. The number of aromatic nitrogens is 3. The molecule has 4 rings (SSSR count). The Hall–Kier alpha value is -3.30. The van der Waals surface area contributed by atoms with Crippen LogP contribution in [0.4, 0.5) is 11.4 Å². The van der Waals surface area contributed by atoms with Crippen molar-refractivity contribution in [1.29, 1.82) is 0 Å². The van der Waals surface area contributed by atoms with E-state index in [1.54, 1.807) is 13.2 Å². The first-order valence-electron chi connectivity index (χ1n) is 11.2. The summed E-state index contributed by atoms with van der Waals surface area (Å²) in [5, 5.41) is 12.0. The number of thioether (sulfide) groups is 1. The fraction of sp³-hybridized carbons (Fsp3) is 0.320. The van der Waals surface area contributed by atoms with E-state index in [1.165, 1.54) is 11.8 Å². The lowest BCUT2D eigenvalue weighted by Crippen LogP contribution is -2.36. The van der Waals surface area contributed by atoms with Gasteiger partial charge in [0.1, 0.15) is 5.75 Å². The maximum atomic E-state index is 12.9. The van der Waals surface area contributed by atoms with Crippen molar-refractivity contribution in [1.82, 2.24) is 14.8 Å². The van der Waals surface area contributed by atoms with Crippen molar-refractivity contribution in [3.63, 3.8) is 0 Å². The SMILES string of the molecule is C=CCn1c(SC(C)C(=O)Nc2ccc(N3CCOCC3)cc2)nnc1-c1ccc(OC)cc1. The quantitative estimate of drug-likeness (QED) is 0.366. The van der Waals surface area contributed by atoms with Gasteiger partial charge in [-0.05, 0) is 55.5 Å². The lowest BCUT2D eigenvalue weighted by Gasteiger charge is -2.28. The second-order valence-corrected chi connectivity index (χ2v) is 9.14. The summed E-state index contributed by atoms with van der Waals surface area (Å²) in [6.45, 7) is 9.49. The molecule has 2 aromatic carbocycles. The Morgan fingerprint density at radius 3 is 2.53 bits per heavy atom. The minimum atomic E-state index is -0.365. The highest BCUT2D eigenvalue weighted by Gasteiger charge is 2.21. The molecule has 0 radical (unpaired) electrons. The van der Waals surface area contributed by atoms with Gasteiger partial charge in [-0.3, -0.25) is 9.36 Å². The van der Waals surface area contributed by atoms with Crippen LogP contribution in [0.2, 0.25) is 0 Å². The van der Waals surface area contributed by atoms with Crippen molar-refractivity contribution in [3.05, 3.63) is 61.2 Å². The second-order valence-electron chi connectivity index (χ2n) is 7.83. The van der Waals surface area contributed by atoms with E-state index >= 15 is 0 Å². The van der Waals surface area contributed by atoms with Gasteiger partial charge in [-0.2, -0.15) is 0 Å². The summed E-state index contributed by atoms with van der Waals surface area (Å²) in [5.41, 5.74) is 2.81. The third-order valence-electron chi connectivity index (χ3n) is 5.54. The molecule has 178 valence electrons. The third-order valence-corrected chi connectivity index (χ3v) is 6.62. The molecule has 2 heterocycles.